The van der Waals surface area contributed by atoms with E-state index < -0.39 is 13.0 Å². The highest BCUT2D eigenvalue weighted by Crippen LogP contribution is 2.09. The second kappa shape index (κ2) is 6.53. The Balaban J connectivity index is 1.69. The van der Waals surface area contributed by atoms with E-state index in [2.05, 4.69) is 25.7 Å². The summed E-state index contributed by atoms with van der Waals surface area (Å²) in [6.45, 7) is 1.19. The maximum absolute atomic E-state index is 11.8. The standard InChI is InChI=1S/C10H15F2N5O2/c11-9(12)6-19-2-1-14-10(18)8-5-17(16-15-8)7-3-13-4-7/h5,7,9,13H,1-4,6H2,(H,14,18). The van der Waals surface area contributed by atoms with Gasteiger partial charge in [-0.15, -0.1) is 5.10 Å². The molecule has 1 aliphatic heterocycles. The highest BCUT2D eigenvalue weighted by Gasteiger charge is 2.21. The minimum atomic E-state index is -2.49. The zero-order valence-electron chi connectivity index (χ0n) is 10.2. The lowest BCUT2D eigenvalue weighted by Crippen LogP contribution is -2.43. The topological polar surface area (TPSA) is 81.1 Å². The molecule has 7 nitrogen and oxygen atoms in total. The zero-order chi connectivity index (χ0) is 13.7. The first-order chi connectivity index (χ1) is 9.16. The lowest BCUT2D eigenvalue weighted by atomic mass is 10.2. The molecule has 0 atom stereocenters. The SMILES string of the molecule is O=C(NCCOCC(F)F)c1cn(C2CNC2)nn1. The molecule has 1 aromatic rings. The first-order valence-corrected chi connectivity index (χ1v) is 5.93. The summed E-state index contributed by atoms with van der Waals surface area (Å²) in [6.07, 6.45) is -0.924. The van der Waals surface area contributed by atoms with Gasteiger partial charge in [-0.3, -0.25) is 4.79 Å². The van der Waals surface area contributed by atoms with E-state index in [0.29, 0.717) is 0 Å². The van der Waals surface area contributed by atoms with E-state index >= 15 is 0 Å². The van der Waals surface area contributed by atoms with E-state index in [9.17, 15) is 13.6 Å². The maximum Gasteiger partial charge on any atom is 0.273 e. The summed E-state index contributed by atoms with van der Waals surface area (Å²) in [5.41, 5.74) is 0.209. The molecule has 1 aliphatic rings. The van der Waals surface area contributed by atoms with Crippen LogP contribution in [0.2, 0.25) is 0 Å². The fourth-order valence-electron chi connectivity index (χ4n) is 1.52. The van der Waals surface area contributed by atoms with Gasteiger partial charge in [0.1, 0.15) is 6.61 Å². The van der Waals surface area contributed by atoms with Crippen molar-refractivity contribution >= 4 is 5.91 Å². The number of halogens is 2. The molecule has 0 radical (unpaired) electrons. The molecule has 0 aliphatic carbocycles. The Morgan fingerprint density at radius 2 is 2.42 bits per heavy atom. The second-order valence-electron chi connectivity index (χ2n) is 4.12. The predicted molar refractivity (Wildman–Crippen MR) is 61.1 cm³/mol. The molecule has 0 bridgehead atoms. The Morgan fingerprint density at radius 3 is 3.05 bits per heavy atom. The average molecular weight is 275 g/mol. The molecular weight excluding hydrogens is 260 g/mol. The molecule has 1 fully saturated rings. The summed E-state index contributed by atoms with van der Waals surface area (Å²) in [4.78, 5) is 11.6. The molecule has 1 aromatic heterocycles. The Bertz CT molecular complexity index is 422. The molecule has 19 heavy (non-hydrogen) atoms. The summed E-state index contributed by atoms with van der Waals surface area (Å²) < 4.78 is 29.8. The van der Waals surface area contributed by atoms with Gasteiger partial charge in [-0.2, -0.15) is 0 Å². The van der Waals surface area contributed by atoms with Gasteiger partial charge in [0, 0.05) is 19.6 Å². The van der Waals surface area contributed by atoms with Crippen LogP contribution in [0.5, 0.6) is 0 Å². The van der Waals surface area contributed by atoms with Gasteiger partial charge >= 0.3 is 0 Å². The van der Waals surface area contributed by atoms with Crippen molar-refractivity contribution in [2.24, 2.45) is 0 Å². The second-order valence-corrected chi connectivity index (χ2v) is 4.12. The number of amides is 1. The number of ether oxygens (including phenoxy) is 1. The molecule has 1 amide bonds. The number of nitrogens with zero attached hydrogens (tertiary/aromatic N) is 3. The first kappa shape index (κ1) is 13.8. The van der Waals surface area contributed by atoms with Crippen LogP contribution in [0.3, 0.4) is 0 Å². The van der Waals surface area contributed by atoms with Crippen molar-refractivity contribution in [3.8, 4) is 0 Å². The number of rotatable bonds is 7. The van der Waals surface area contributed by atoms with Crippen LogP contribution in [0.15, 0.2) is 6.20 Å². The van der Waals surface area contributed by atoms with Crippen LogP contribution < -0.4 is 10.6 Å². The van der Waals surface area contributed by atoms with E-state index in [4.69, 9.17) is 0 Å². The number of hydrogen-bond donors (Lipinski definition) is 2. The van der Waals surface area contributed by atoms with E-state index in [1.807, 2.05) is 0 Å². The molecule has 2 rings (SSSR count). The molecular formula is C10H15F2N5O2. The number of hydrogen-bond acceptors (Lipinski definition) is 5. The molecule has 0 spiro atoms. The van der Waals surface area contributed by atoms with Gasteiger partial charge in [-0.1, -0.05) is 5.21 Å². The molecule has 2 heterocycles. The summed E-state index contributed by atoms with van der Waals surface area (Å²) in [6, 6.07) is 0.239. The Morgan fingerprint density at radius 1 is 1.63 bits per heavy atom. The summed E-state index contributed by atoms with van der Waals surface area (Å²) >= 11 is 0. The van der Waals surface area contributed by atoms with Crippen molar-refractivity contribution in [1.29, 1.82) is 0 Å². The average Bonchev–Trinajstić information content (AvgIpc) is 2.75. The highest BCUT2D eigenvalue weighted by molar-refractivity contribution is 5.91. The lowest BCUT2D eigenvalue weighted by Gasteiger charge is -2.26. The van der Waals surface area contributed by atoms with E-state index in [-0.39, 0.29) is 30.8 Å². The lowest BCUT2D eigenvalue weighted by molar-refractivity contribution is 0.0188. The Labute approximate surface area is 108 Å². The smallest absolute Gasteiger partial charge is 0.273 e. The van der Waals surface area contributed by atoms with Crippen molar-refractivity contribution in [1.82, 2.24) is 25.6 Å². The van der Waals surface area contributed by atoms with Crippen molar-refractivity contribution in [2.75, 3.05) is 32.8 Å². The summed E-state index contributed by atoms with van der Waals surface area (Å²) in [5, 5.41) is 13.2. The molecule has 0 aromatic carbocycles. The number of aromatic nitrogens is 3. The third-order valence-electron chi connectivity index (χ3n) is 2.65. The van der Waals surface area contributed by atoms with Crippen LogP contribution in [-0.2, 0) is 4.74 Å². The van der Waals surface area contributed by atoms with Gasteiger partial charge in [0.05, 0.1) is 18.8 Å². The van der Waals surface area contributed by atoms with Crippen LogP contribution in [-0.4, -0.2) is 60.2 Å². The van der Waals surface area contributed by atoms with Crippen LogP contribution in [0.4, 0.5) is 8.78 Å². The number of carbonyl (C=O) groups is 1. The van der Waals surface area contributed by atoms with Gasteiger partial charge in [0.2, 0.25) is 0 Å². The number of carbonyl (C=O) groups excluding carboxylic acids is 1. The van der Waals surface area contributed by atoms with Crippen molar-refractivity contribution < 1.29 is 18.3 Å². The maximum atomic E-state index is 11.8. The van der Waals surface area contributed by atoms with Crippen molar-refractivity contribution in [2.45, 2.75) is 12.5 Å². The van der Waals surface area contributed by atoms with Gasteiger partial charge in [0.15, 0.2) is 5.69 Å². The van der Waals surface area contributed by atoms with Crippen molar-refractivity contribution in [3.05, 3.63) is 11.9 Å². The van der Waals surface area contributed by atoms with Crippen LogP contribution in [0.25, 0.3) is 0 Å². The van der Waals surface area contributed by atoms with Gasteiger partial charge in [-0.05, 0) is 0 Å². The molecule has 106 valence electrons. The predicted octanol–water partition coefficient (Wildman–Crippen LogP) is -0.566. The van der Waals surface area contributed by atoms with E-state index in [1.54, 1.807) is 10.9 Å². The summed E-state index contributed by atoms with van der Waals surface area (Å²) in [5.74, 6) is -0.390. The van der Waals surface area contributed by atoms with Crippen molar-refractivity contribution in [3.63, 3.8) is 0 Å². The molecule has 1 saturated heterocycles. The summed E-state index contributed by atoms with van der Waals surface area (Å²) in [7, 11) is 0. The van der Waals surface area contributed by atoms with Crippen LogP contribution >= 0.6 is 0 Å². The third-order valence-corrected chi connectivity index (χ3v) is 2.65. The van der Waals surface area contributed by atoms with Gasteiger partial charge in [-0.25, -0.2) is 13.5 Å². The Kier molecular flexibility index (Phi) is 4.74. The Hall–Kier alpha value is -1.61. The highest BCUT2D eigenvalue weighted by atomic mass is 19.3. The van der Waals surface area contributed by atoms with Crippen LogP contribution in [0.1, 0.15) is 16.5 Å². The van der Waals surface area contributed by atoms with Gasteiger partial charge in [0.25, 0.3) is 12.3 Å². The quantitative estimate of drug-likeness (QED) is 0.652. The fraction of sp³-hybridized carbons (Fsp3) is 0.700. The first-order valence-electron chi connectivity index (χ1n) is 5.93. The largest absolute Gasteiger partial charge is 0.374 e. The number of alkyl halides is 2. The third kappa shape index (κ3) is 3.93. The zero-order valence-corrected chi connectivity index (χ0v) is 10.2. The van der Waals surface area contributed by atoms with Crippen LogP contribution in [0, 0.1) is 0 Å². The molecule has 9 heteroatoms. The monoisotopic (exact) mass is 275 g/mol. The molecule has 2 N–H and O–H groups in total. The van der Waals surface area contributed by atoms with Gasteiger partial charge < -0.3 is 15.4 Å². The minimum absolute atomic E-state index is 0.0385. The fourth-order valence-corrected chi connectivity index (χ4v) is 1.52. The van der Waals surface area contributed by atoms with E-state index in [1.165, 1.54) is 0 Å². The molecule has 0 unspecified atom stereocenters. The minimum Gasteiger partial charge on any atom is -0.374 e. The number of nitrogens with one attached hydrogen (secondary N) is 2. The normalized spacial score (nSPS) is 15.5. The van der Waals surface area contributed by atoms with E-state index in [0.717, 1.165) is 13.1 Å². The molecule has 0 saturated carbocycles.